The van der Waals surface area contributed by atoms with E-state index in [2.05, 4.69) is 31.6 Å². The molecule has 0 amide bonds. The van der Waals surface area contributed by atoms with E-state index in [0.29, 0.717) is 11.8 Å². The Morgan fingerprint density at radius 1 is 1.33 bits per heavy atom. The highest BCUT2D eigenvalue weighted by atomic mass is 32.1. The third kappa shape index (κ3) is 2.28. The van der Waals surface area contributed by atoms with Gasteiger partial charge < -0.3 is 8.98 Å². The minimum Gasteiger partial charge on any atom is -0.418 e. The first kappa shape index (κ1) is 12.7. The molecule has 3 aromatic rings. The van der Waals surface area contributed by atoms with Gasteiger partial charge in [-0.3, -0.25) is 4.90 Å². The topological polar surface area (TPSA) is 60.0 Å². The van der Waals surface area contributed by atoms with Gasteiger partial charge in [0.05, 0.1) is 17.5 Å². The molecular weight excluding hydrogens is 286 g/mol. The summed E-state index contributed by atoms with van der Waals surface area (Å²) in [6.07, 6.45) is 3.88. The molecule has 0 spiro atoms. The molecule has 0 saturated carbocycles. The maximum Gasteiger partial charge on any atom is 0.257 e. The van der Waals surface area contributed by atoms with Crippen LogP contribution in [0.2, 0.25) is 0 Å². The molecule has 3 aromatic heterocycles. The van der Waals surface area contributed by atoms with Crippen molar-refractivity contribution in [2.45, 2.75) is 26.1 Å². The molecule has 1 atom stereocenters. The maximum absolute atomic E-state index is 5.83. The highest BCUT2D eigenvalue weighted by Crippen LogP contribution is 2.28. The van der Waals surface area contributed by atoms with Crippen LogP contribution in [0.15, 0.2) is 34.3 Å². The zero-order valence-electron chi connectivity index (χ0n) is 11.6. The number of aromatic nitrogens is 4. The summed E-state index contributed by atoms with van der Waals surface area (Å²) < 4.78 is 8.02. The van der Waals surface area contributed by atoms with E-state index in [1.807, 2.05) is 29.9 Å². The highest BCUT2D eigenvalue weighted by Gasteiger charge is 2.26. The first-order valence-corrected chi connectivity index (χ1v) is 7.80. The van der Waals surface area contributed by atoms with Crippen LogP contribution in [0.1, 0.15) is 24.7 Å². The lowest BCUT2D eigenvalue weighted by atomic mass is 10.2. The van der Waals surface area contributed by atoms with Crippen molar-refractivity contribution in [3.05, 3.63) is 41.6 Å². The van der Waals surface area contributed by atoms with Crippen LogP contribution in [0.5, 0.6) is 0 Å². The average Bonchev–Trinajstić information content (AvgIpc) is 3.24. The second kappa shape index (κ2) is 5.09. The first-order valence-electron chi connectivity index (χ1n) is 6.92. The SMILES string of the molecule is C[C@H](c1nnc(-c2cccs2)o1)N1CCn2ccnc2C1. The smallest absolute Gasteiger partial charge is 0.257 e. The largest absolute Gasteiger partial charge is 0.418 e. The van der Waals surface area contributed by atoms with Crippen LogP contribution in [0, 0.1) is 0 Å². The maximum atomic E-state index is 5.83. The molecule has 7 heteroatoms. The lowest BCUT2D eigenvalue weighted by Gasteiger charge is -2.30. The molecule has 0 bridgehead atoms. The van der Waals surface area contributed by atoms with Gasteiger partial charge in [0, 0.05) is 25.5 Å². The highest BCUT2D eigenvalue weighted by molar-refractivity contribution is 7.13. The Kier molecular flexibility index (Phi) is 3.08. The number of thiophene rings is 1. The van der Waals surface area contributed by atoms with E-state index >= 15 is 0 Å². The van der Waals surface area contributed by atoms with Gasteiger partial charge in [0.15, 0.2) is 0 Å². The van der Waals surface area contributed by atoms with Gasteiger partial charge >= 0.3 is 0 Å². The van der Waals surface area contributed by atoms with E-state index in [0.717, 1.165) is 30.3 Å². The Morgan fingerprint density at radius 2 is 2.29 bits per heavy atom. The zero-order chi connectivity index (χ0) is 14.2. The van der Waals surface area contributed by atoms with Crippen molar-refractivity contribution in [1.82, 2.24) is 24.6 Å². The summed E-state index contributed by atoms with van der Waals surface area (Å²) >= 11 is 1.61. The summed E-state index contributed by atoms with van der Waals surface area (Å²) in [7, 11) is 0. The number of hydrogen-bond acceptors (Lipinski definition) is 6. The van der Waals surface area contributed by atoms with Crippen LogP contribution in [-0.4, -0.2) is 31.2 Å². The Balaban J connectivity index is 1.54. The molecule has 0 radical (unpaired) electrons. The fraction of sp³-hybridized carbons (Fsp3) is 0.357. The van der Waals surface area contributed by atoms with Crippen molar-refractivity contribution in [2.75, 3.05) is 6.54 Å². The second-order valence-corrected chi connectivity index (χ2v) is 6.05. The monoisotopic (exact) mass is 301 g/mol. The number of nitrogens with zero attached hydrogens (tertiary/aromatic N) is 5. The molecule has 0 unspecified atom stereocenters. The number of hydrogen-bond donors (Lipinski definition) is 0. The summed E-state index contributed by atoms with van der Waals surface area (Å²) in [5, 5.41) is 10.4. The van der Waals surface area contributed by atoms with E-state index in [9.17, 15) is 0 Å². The number of fused-ring (bicyclic) bond motifs is 1. The Labute approximate surface area is 126 Å². The van der Waals surface area contributed by atoms with Crippen molar-refractivity contribution < 1.29 is 4.42 Å². The molecule has 6 nitrogen and oxygen atoms in total. The quantitative estimate of drug-likeness (QED) is 0.744. The van der Waals surface area contributed by atoms with Crippen molar-refractivity contribution >= 4 is 11.3 Å². The van der Waals surface area contributed by atoms with Crippen LogP contribution in [0.4, 0.5) is 0 Å². The lowest BCUT2D eigenvalue weighted by molar-refractivity contribution is 0.143. The minimum atomic E-state index is 0.0941. The summed E-state index contributed by atoms with van der Waals surface area (Å²) in [6, 6.07) is 4.07. The van der Waals surface area contributed by atoms with Crippen LogP contribution in [0.3, 0.4) is 0 Å². The molecule has 1 aliphatic heterocycles. The van der Waals surface area contributed by atoms with Gasteiger partial charge in [-0.2, -0.15) is 0 Å². The summed E-state index contributed by atoms with van der Waals surface area (Å²) in [5.41, 5.74) is 0. The molecule has 0 N–H and O–H groups in total. The van der Waals surface area contributed by atoms with Gasteiger partial charge in [0.2, 0.25) is 5.89 Å². The van der Waals surface area contributed by atoms with Crippen LogP contribution < -0.4 is 0 Å². The fourth-order valence-corrected chi connectivity index (χ4v) is 3.23. The molecule has 1 aliphatic rings. The predicted molar refractivity (Wildman–Crippen MR) is 78.7 cm³/mol. The Morgan fingerprint density at radius 3 is 3.14 bits per heavy atom. The van der Waals surface area contributed by atoms with E-state index in [1.165, 1.54) is 0 Å². The molecule has 0 saturated heterocycles. The Hall–Kier alpha value is -1.99. The molecule has 0 fully saturated rings. The average molecular weight is 301 g/mol. The summed E-state index contributed by atoms with van der Waals surface area (Å²) in [4.78, 5) is 7.71. The molecule has 4 rings (SSSR count). The van der Waals surface area contributed by atoms with Gasteiger partial charge in [0.1, 0.15) is 5.82 Å². The lowest BCUT2D eigenvalue weighted by Crippen LogP contribution is -2.35. The van der Waals surface area contributed by atoms with Gasteiger partial charge in [-0.05, 0) is 18.4 Å². The summed E-state index contributed by atoms with van der Waals surface area (Å²) in [6.45, 7) is 4.82. The molecule has 4 heterocycles. The fourth-order valence-electron chi connectivity index (χ4n) is 2.58. The molecule has 21 heavy (non-hydrogen) atoms. The molecule has 0 aliphatic carbocycles. The van der Waals surface area contributed by atoms with Gasteiger partial charge in [-0.15, -0.1) is 21.5 Å². The molecule has 108 valence electrons. The first-order chi connectivity index (χ1) is 10.3. The van der Waals surface area contributed by atoms with Crippen molar-refractivity contribution in [3.8, 4) is 10.8 Å². The summed E-state index contributed by atoms with van der Waals surface area (Å²) in [5.74, 6) is 2.36. The third-order valence-electron chi connectivity index (χ3n) is 3.85. The van der Waals surface area contributed by atoms with E-state index < -0.39 is 0 Å². The van der Waals surface area contributed by atoms with E-state index in [-0.39, 0.29) is 6.04 Å². The van der Waals surface area contributed by atoms with Gasteiger partial charge in [-0.1, -0.05) is 6.07 Å². The van der Waals surface area contributed by atoms with Crippen molar-refractivity contribution in [1.29, 1.82) is 0 Å². The van der Waals surface area contributed by atoms with Crippen molar-refractivity contribution in [2.24, 2.45) is 0 Å². The third-order valence-corrected chi connectivity index (χ3v) is 4.71. The minimum absolute atomic E-state index is 0.0941. The van der Waals surface area contributed by atoms with Crippen LogP contribution in [-0.2, 0) is 13.1 Å². The van der Waals surface area contributed by atoms with E-state index in [1.54, 1.807) is 11.3 Å². The van der Waals surface area contributed by atoms with Crippen molar-refractivity contribution in [3.63, 3.8) is 0 Å². The normalized spacial score (nSPS) is 16.8. The number of imidazole rings is 1. The van der Waals surface area contributed by atoms with Crippen LogP contribution >= 0.6 is 11.3 Å². The van der Waals surface area contributed by atoms with Gasteiger partial charge in [0.25, 0.3) is 5.89 Å². The standard InChI is InChI=1S/C14H15N5OS/c1-10(19-7-6-18-5-4-15-12(18)9-19)13-16-17-14(20-13)11-3-2-8-21-11/h2-5,8,10H,6-7,9H2,1H3/t10-/m1/s1. The second-order valence-electron chi connectivity index (χ2n) is 5.11. The van der Waals surface area contributed by atoms with Crippen LogP contribution in [0.25, 0.3) is 10.8 Å². The zero-order valence-corrected chi connectivity index (χ0v) is 12.5. The Bertz CT molecular complexity index is 732. The predicted octanol–water partition coefficient (Wildman–Crippen LogP) is 2.57. The van der Waals surface area contributed by atoms with E-state index in [4.69, 9.17) is 4.42 Å². The number of rotatable bonds is 3. The molecular formula is C14H15N5OS. The molecule has 0 aromatic carbocycles. The van der Waals surface area contributed by atoms with Gasteiger partial charge in [-0.25, -0.2) is 4.98 Å².